The summed E-state index contributed by atoms with van der Waals surface area (Å²) in [5.41, 5.74) is 0. The summed E-state index contributed by atoms with van der Waals surface area (Å²) in [5, 5.41) is 0. The van der Waals surface area contributed by atoms with Gasteiger partial charge in [-0.25, -0.2) is 4.18 Å². The van der Waals surface area contributed by atoms with Gasteiger partial charge in [0.15, 0.2) is 0 Å². The standard InChI is InChI=1S/C18H38O4S.Na/c1-2-3-4-5-6-7-8-9-10-11-12-13-14-15-16-17-18-22-23(19,20)21;/h2-18H2,1H3,(H,19,20,21);. The SMILES string of the molecule is CCCCCCCCCCCCCCCCCCOS(=O)(=O)O.[Na]. The van der Waals surface area contributed by atoms with Gasteiger partial charge >= 0.3 is 10.4 Å². The van der Waals surface area contributed by atoms with Gasteiger partial charge < -0.3 is 0 Å². The summed E-state index contributed by atoms with van der Waals surface area (Å²) in [6.45, 7) is 2.36. The second kappa shape index (κ2) is 20.2. The minimum Gasteiger partial charge on any atom is -0.264 e. The first-order chi connectivity index (χ1) is 11.1. The molecule has 0 aromatic rings. The second-order valence-corrected chi connectivity index (χ2v) is 7.64. The third kappa shape index (κ3) is 25.1. The summed E-state index contributed by atoms with van der Waals surface area (Å²) in [5.74, 6) is 0. The van der Waals surface area contributed by atoms with Gasteiger partial charge in [0.25, 0.3) is 0 Å². The minimum absolute atomic E-state index is 0. The topological polar surface area (TPSA) is 63.6 Å². The van der Waals surface area contributed by atoms with Crippen molar-refractivity contribution in [3.05, 3.63) is 0 Å². The number of hydrogen-bond acceptors (Lipinski definition) is 3. The van der Waals surface area contributed by atoms with Crippen molar-refractivity contribution in [3.8, 4) is 0 Å². The van der Waals surface area contributed by atoms with Gasteiger partial charge in [0.05, 0.1) is 6.61 Å². The first-order valence-electron chi connectivity index (χ1n) is 9.68. The first kappa shape index (κ1) is 27.1. The molecule has 0 aliphatic rings. The zero-order valence-corrected chi connectivity index (χ0v) is 18.9. The van der Waals surface area contributed by atoms with Crippen molar-refractivity contribution in [1.29, 1.82) is 0 Å². The van der Waals surface area contributed by atoms with Crippen LogP contribution in [0.5, 0.6) is 0 Å². The number of hydrogen-bond donors (Lipinski definition) is 1. The van der Waals surface area contributed by atoms with E-state index < -0.39 is 10.4 Å². The fourth-order valence-corrected chi connectivity index (χ4v) is 3.14. The third-order valence-electron chi connectivity index (χ3n) is 4.23. The summed E-state index contributed by atoms with van der Waals surface area (Å²) < 4.78 is 33.3. The molecule has 24 heavy (non-hydrogen) atoms. The van der Waals surface area contributed by atoms with E-state index in [9.17, 15) is 8.42 Å². The van der Waals surface area contributed by atoms with Crippen LogP contribution in [-0.2, 0) is 14.6 Å². The van der Waals surface area contributed by atoms with E-state index in [2.05, 4.69) is 11.1 Å². The van der Waals surface area contributed by atoms with Crippen LogP contribution < -0.4 is 0 Å². The van der Waals surface area contributed by atoms with Gasteiger partial charge in [0, 0.05) is 29.6 Å². The van der Waals surface area contributed by atoms with Crippen molar-refractivity contribution in [1.82, 2.24) is 0 Å². The summed E-state index contributed by atoms with van der Waals surface area (Å²) in [4.78, 5) is 0. The summed E-state index contributed by atoms with van der Waals surface area (Å²) in [6, 6.07) is 0. The van der Waals surface area contributed by atoms with Gasteiger partial charge in [-0.3, -0.25) is 4.55 Å². The molecule has 6 heteroatoms. The number of rotatable bonds is 18. The Labute approximate surface area is 172 Å². The predicted molar refractivity (Wildman–Crippen MR) is 103 cm³/mol. The van der Waals surface area contributed by atoms with E-state index >= 15 is 0 Å². The molecule has 0 fully saturated rings. The molecule has 0 bridgehead atoms. The molecule has 0 aromatic heterocycles. The Morgan fingerprint density at radius 2 is 0.917 bits per heavy atom. The molecule has 1 N–H and O–H groups in total. The molecule has 0 saturated heterocycles. The first-order valence-corrected chi connectivity index (χ1v) is 11.0. The van der Waals surface area contributed by atoms with Crippen LogP contribution in [0.1, 0.15) is 110 Å². The Kier molecular flexibility index (Phi) is 22.8. The van der Waals surface area contributed by atoms with Crippen molar-refractivity contribution < 1.29 is 17.2 Å². The summed E-state index contributed by atoms with van der Waals surface area (Å²) in [6.07, 6.45) is 20.5. The molecule has 0 aliphatic carbocycles. The fraction of sp³-hybridized carbons (Fsp3) is 1.00. The molecule has 0 unspecified atom stereocenters. The van der Waals surface area contributed by atoms with E-state index in [-0.39, 0.29) is 36.2 Å². The summed E-state index contributed by atoms with van der Waals surface area (Å²) in [7, 11) is -4.24. The van der Waals surface area contributed by atoms with E-state index in [0.717, 1.165) is 12.8 Å². The van der Waals surface area contributed by atoms with Gasteiger partial charge in [-0.05, 0) is 6.42 Å². The van der Waals surface area contributed by atoms with Gasteiger partial charge in [0.2, 0.25) is 0 Å². The Hall–Kier alpha value is 0.870. The van der Waals surface area contributed by atoms with Crippen molar-refractivity contribution in [2.24, 2.45) is 0 Å². The number of unbranched alkanes of at least 4 members (excludes halogenated alkanes) is 15. The Morgan fingerprint density at radius 3 is 1.21 bits per heavy atom. The van der Waals surface area contributed by atoms with Crippen molar-refractivity contribution in [2.75, 3.05) is 6.61 Å². The maximum atomic E-state index is 10.3. The quantitative estimate of drug-likeness (QED) is 0.190. The van der Waals surface area contributed by atoms with Crippen LogP contribution in [0.4, 0.5) is 0 Å². The molecule has 0 aromatic carbocycles. The van der Waals surface area contributed by atoms with Crippen LogP contribution >= 0.6 is 0 Å². The van der Waals surface area contributed by atoms with Crippen LogP contribution in [0.3, 0.4) is 0 Å². The van der Waals surface area contributed by atoms with Crippen molar-refractivity contribution in [2.45, 2.75) is 110 Å². The third-order valence-corrected chi connectivity index (χ3v) is 4.69. The van der Waals surface area contributed by atoms with Crippen LogP contribution in [-0.4, -0.2) is 49.1 Å². The normalized spacial score (nSPS) is 11.4. The maximum Gasteiger partial charge on any atom is 0.397 e. The van der Waals surface area contributed by atoms with Crippen molar-refractivity contribution >= 4 is 40.0 Å². The van der Waals surface area contributed by atoms with Gasteiger partial charge in [-0.1, -0.05) is 103 Å². The average molecular weight is 374 g/mol. The molecule has 0 spiro atoms. The molecule has 0 amide bonds. The van der Waals surface area contributed by atoms with Crippen LogP contribution in [0, 0.1) is 0 Å². The Balaban J connectivity index is 0. The molecule has 4 nitrogen and oxygen atoms in total. The molecular weight excluding hydrogens is 335 g/mol. The monoisotopic (exact) mass is 373 g/mol. The van der Waals surface area contributed by atoms with Crippen LogP contribution in [0.25, 0.3) is 0 Å². The van der Waals surface area contributed by atoms with E-state index in [1.165, 1.54) is 83.5 Å². The van der Waals surface area contributed by atoms with Crippen molar-refractivity contribution in [3.63, 3.8) is 0 Å². The van der Waals surface area contributed by atoms with Gasteiger partial charge in [-0.2, -0.15) is 8.42 Å². The summed E-state index contributed by atoms with van der Waals surface area (Å²) >= 11 is 0. The predicted octanol–water partition coefficient (Wildman–Crippen LogP) is 5.69. The van der Waals surface area contributed by atoms with Gasteiger partial charge in [-0.15, -0.1) is 0 Å². The van der Waals surface area contributed by atoms with E-state index in [4.69, 9.17) is 4.55 Å². The van der Waals surface area contributed by atoms with Crippen LogP contribution in [0.15, 0.2) is 0 Å². The fourth-order valence-electron chi connectivity index (χ4n) is 2.81. The Bertz CT molecular complexity index is 334. The zero-order chi connectivity index (χ0) is 17.2. The van der Waals surface area contributed by atoms with Gasteiger partial charge in [0.1, 0.15) is 0 Å². The molecule has 0 rings (SSSR count). The second-order valence-electron chi connectivity index (χ2n) is 6.55. The molecular formula is C18H38NaO4S. The molecule has 141 valence electrons. The van der Waals surface area contributed by atoms with E-state index in [0.29, 0.717) is 6.42 Å². The molecule has 0 aliphatic heterocycles. The molecule has 1 radical (unpaired) electrons. The minimum atomic E-state index is -4.24. The maximum absolute atomic E-state index is 10.3. The average Bonchev–Trinajstić information content (AvgIpc) is 2.49. The molecule has 0 heterocycles. The van der Waals surface area contributed by atoms with Crippen LogP contribution in [0.2, 0.25) is 0 Å². The zero-order valence-electron chi connectivity index (χ0n) is 16.1. The molecule has 0 atom stereocenters. The smallest absolute Gasteiger partial charge is 0.264 e. The van der Waals surface area contributed by atoms with E-state index in [1.807, 2.05) is 0 Å². The van der Waals surface area contributed by atoms with E-state index in [1.54, 1.807) is 0 Å². The molecule has 0 saturated carbocycles. The largest absolute Gasteiger partial charge is 0.397 e. The Morgan fingerprint density at radius 1 is 0.625 bits per heavy atom.